The molecular formula is C18H22N6O. The Morgan fingerprint density at radius 2 is 2.20 bits per heavy atom. The van der Waals surface area contributed by atoms with Gasteiger partial charge in [0.05, 0.1) is 11.0 Å². The predicted octanol–water partition coefficient (Wildman–Crippen LogP) is 2.00. The van der Waals surface area contributed by atoms with Crippen LogP contribution in [0.1, 0.15) is 29.0 Å². The van der Waals surface area contributed by atoms with Crippen molar-refractivity contribution in [1.29, 1.82) is 0 Å². The van der Waals surface area contributed by atoms with Crippen LogP contribution in [0.15, 0.2) is 30.3 Å². The molecule has 0 spiro atoms. The predicted molar refractivity (Wildman–Crippen MR) is 96.7 cm³/mol. The van der Waals surface area contributed by atoms with Crippen LogP contribution in [0.3, 0.4) is 0 Å². The van der Waals surface area contributed by atoms with Crippen molar-refractivity contribution in [3.8, 4) is 0 Å². The molecule has 1 aromatic carbocycles. The number of rotatable bonds is 3. The monoisotopic (exact) mass is 338 g/mol. The van der Waals surface area contributed by atoms with E-state index in [1.54, 1.807) is 4.68 Å². The van der Waals surface area contributed by atoms with E-state index < -0.39 is 0 Å². The number of para-hydroxylation sites is 2. The molecule has 0 bridgehead atoms. The van der Waals surface area contributed by atoms with Gasteiger partial charge < -0.3 is 15.2 Å². The average Bonchev–Trinajstić information content (AvgIpc) is 3.19. The molecule has 1 fully saturated rings. The molecule has 2 aromatic heterocycles. The highest BCUT2D eigenvalue weighted by Gasteiger charge is 2.24. The Balaban J connectivity index is 1.46. The first-order valence-electron chi connectivity index (χ1n) is 8.61. The molecule has 2 N–H and O–H groups in total. The number of benzene rings is 1. The van der Waals surface area contributed by atoms with Crippen molar-refractivity contribution in [1.82, 2.24) is 25.1 Å². The molecule has 3 aromatic rings. The molecule has 130 valence electrons. The second-order valence-electron chi connectivity index (χ2n) is 6.63. The van der Waals surface area contributed by atoms with Crippen molar-refractivity contribution in [3.63, 3.8) is 0 Å². The molecule has 7 nitrogen and oxygen atoms in total. The number of aryl methyl sites for hydroxylation is 2. The third-order valence-electron chi connectivity index (χ3n) is 4.78. The number of piperidine rings is 1. The Morgan fingerprint density at radius 1 is 1.36 bits per heavy atom. The molecule has 1 atom stereocenters. The molecule has 0 radical (unpaired) electrons. The Hall–Kier alpha value is -2.83. The average molecular weight is 338 g/mol. The molecule has 1 aliphatic heterocycles. The van der Waals surface area contributed by atoms with Crippen LogP contribution < -0.4 is 10.2 Å². The van der Waals surface area contributed by atoms with Gasteiger partial charge in [-0.3, -0.25) is 9.48 Å². The van der Waals surface area contributed by atoms with Gasteiger partial charge in [-0.05, 0) is 38.0 Å². The minimum Gasteiger partial charge on any atom is -0.346 e. The maximum absolute atomic E-state index is 12.4. The second-order valence-corrected chi connectivity index (χ2v) is 6.63. The molecular weight excluding hydrogens is 316 g/mol. The third kappa shape index (κ3) is 3.09. The van der Waals surface area contributed by atoms with Crippen molar-refractivity contribution in [3.05, 3.63) is 41.7 Å². The number of amides is 1. The number of fused-ring (bicyclic) bond motifs is 1. The van der Waals surface area contributed by atoms with Gasteiger partial charge in [0.25, 0.3) is 5.91 Å². The molecule has 1 saturated heterocycles. The molecule has 1 aliphatic rings. The lowest BCUT2D eigenvalue weighted by Crippen LogP contribution is -2.48. The summed E-state index contributed by atoms with van der Waals surface area (Å²) in [6.07, 6.45) is 1.98. The van der Waals surface area contributed by atoms with Crippen molar-refractivity contribution in [2.75, 3.05) is 18.0 Å². The summed E-state index contributed by atoms with van der Waals surface area (Å²) >= 11 is 0. The summed E-state index contributed by atoms with van der Waals surface area (Å²) in [7, 11) is 1.84. The van der Waals surface area contributed by atoms with Gasteiger partial charge in [0, 0.05) is 31.9 Å². The van der Waals surface area contributed by atoms with Crippen LogP contribution in [-0.4, -0.2) is 44.8 Å². The number of hydrogen-bond donors (Lipinski definition) is 2. The number of aromatic nitrogens is 4. The lowest BCUT2D eigenvalue weighted by molar-refractivity contribution is 0.0927. The summed E-state index contributed by atoms with van der Waals surface area (Å²) in [5.41, 5.74) is 3.44. The van der Waals surface area contributed by atoms with E-state index in [1.807, 2.05) is 44.3 Å². The van der Waals surface area contributed by atoms with Gasteiger partial charge in [0.1, 0.15) is 5.69 Å². The number of nitrogens with one attached hydrogen (secondary N) is 2. The van der Waals surface area contributed by atoms with Crippen LogP contribution in [0.25, 0.3) is 11.0 Å². The zero-order valence-electron chi connectivity index (χ0n) is 14.5. The zero-order chi connectivity index (χ0) is 17.4. The second kappa shape index (κ2) is 6.23. The van der Waals surface area contributed by atoms with Crippen molar-refractivity contribution >= 4 is 22.9 Å². The SMILES string of the molecule is Cc1cc(C(=O)NC2CCCN(c3nc4ccccc4[nH]3)C2)nn1C. The number of carbonyl (C=O) groups is 1. The minimum absolute atomic E-state index is 0.0942. The van der Waals surface area contributed by atoms with Gasteiger partial charge in [-0.1, -0.05) is 12.1 Å². The summed E-state index contributed by atoms with van der Waals surface area (Å²) in [4.78, 5) is 22.7. The molecule has 1 unspecified atom stereocenters. The standard InChI is InChI=1S/C18H22N6O/c1-12-10-16(22-23(12)2)17(25)19-13-6-5-9-24(11-13)18-20-14-7-3-4-8-15(14)21-18/h3-4,7-8,10,13H,5-6,9,11H2,1-2H3,(H,19,25)(H,20,21). The number of hydrogen-bond acceptors (Lipinski definition) is 4. The molecule has 4 rings (SSSR count). The van der Waals surface area contributed by atoms with Crippen LogP contribution in [-0.2, 0) is 7.05 Å². The minimum atomic E-state index is -0.111. The van der Waals surface area contributed by atoms with E-state index >= 15 is 0 Å². The normalized spacial score (nSPS) is 17.8. The lowest BCUT2D eigenvalue weighted by Gasteiger charge is -2.32. The molecule has 3 heterocycles. The van der Waals surface area contributed by atoms with Gasteiger partial charge in [0.15, 0.2) is 0 Å². The Bertz CT molecular complexity index is 859. The molecule has 0 saturated carbocycles. The van der Waals surface area contributed by atoms with Crippen LogP contribution in [0, 0.1) is 6.92 Å². The fraction of sp³-hybridized carbons (Fsp3) is 0.389. The van der Waals surface area contributed by atoms with Crippen molar-refractivity contribution in [2.45, 2.75) is 25.8 Å². The van der Waals surface area contributed by atoms with E-state index in [9.17, 15) is 4.79 Å². The highest BCUT2D eigenvalue weighted by Crippen LogP contribution is 2.21. The van der Waals surface area contributed by atoms with E-state index in [2.05, 4.69) is 25.3 Å². The summed E-state index contributed by atoms with van der Waals surface area (Å²) in [5.74, 6) is 0.758. The first-order chi connectivity index (χ1) is 12.1. The van der Waals surface area contributed by atoms with E-state index in [0.717, 1.165) is 48.6 Å². The third-order valence-corrected chi connectivity index (χ3v) is 4.78. The highest BCUT2D eigenvalue weighted by molar-refractivity contribution is 5.92. The van der Waals surface area contributed by atoms with Gasteiger partial charge in [-0.2, -0.15) is 5.10 Å². The van der Waals surface area contributed by atoms with Gasteiger partial charge in [-0.15, -0.1) is 0 Å². The first kappa shape index (κ1) is 15.7. The highest BCUT2D eigenvalue weighted by atomic mass is 16.2. The lowest BCUT2D eigenvalue weighted by atomic mass is 10.1. The topological polar surface area (TPSA) is 78.8 Å². The van der Waals surface area contributed by atoms with Crippen LogP contribution in [0.2, 0.25) is 0 Å². The molecule has 1 amide bonds. The Kier molecular flexibility index (Phi) is 3.91. The van der Waals surface area contributed by atoms with Gasteiger partial charge >= 0.3 is 0 Å². The summed E-state index contributed by atoms with van der Waals surface area (Å²) in [6.45, 7) is 3.62. The van der Waals surface area contributed by atoms with E-state index in [1.165, 1.54) is 0 Å². The van der Waals surface area contributed by atoms with E-state index in [4.69, 9.17) is 0 Å². The fourth-order valence-corrected chi connectivity index (χ4v) is 3.31. The van der Waals surface area contributed by atoms with Gasteiger partial charge in [0.2, 0.25) is 5.95 Å². The number of aromatic amines is 1. The van der Waals surface area contributed by atoms with Crippen molar-refractivity contribution in [2.24, 2.45) is 7.05 Å². The Labute approximate surface area is 146 Å². The number of nitrogens with zero attached hydrogens (tertiary/aromatic N) is 4. The number of carbonyl (C=O) groups excluding carboxylic acids is 1. The van der Waals surface area contributed by atoms with E-state index in [0.29, 0.717) is 5.69 Å². The van der Waals surface area contributed by atoms with Crippen LogP contribution in [0.4, 0.5) is 5.95 Å². The summed E-state index contributed by atoms with van der Waals surface area (Å²) in [5, 5.41) is 7.37. The van der Waals surface area contributed by atoms with Gasteiger partial charge in [-0.25, -0.2) is 4.98 Å². The summed E-state index contributed by atoms with van der Waals surface area (Å²) in [6, 6.07) is 9.92. The smallest absolute Gasteiger partial charge is 0.272 e. The maximum Gasteiger partial charge on any atom is 0.272 e. The van der Waals surface area contributed by atoms with Crippen LogP contribution >= 0.6 is 0 Å². The Morgan fingerprint density at radius 3 is 2.96 bits per heavy atom. The number of H-pyrrole nitrogens is 1. The maximum atomic E-state index is 12.4. The number of imidazole rings is 1. The molecule has 0 aliphatic carbocycles. The largest absolute Gasteiger partial charge is 0.346 e. The van der Waals surface area contributed by atoms with Crippen molar-refractivity contribution < 1.29 is 4.79 Å². The van der Waals surface area contributed by atoms with Crippen LogP contribution in [0.5, 0.6) is 0 Å². The molecule has 25 heavy (non-hydrogen) atoms. The quantitative estimate of drug-likeness (QED) is 0.766. The number of anilines is 1. The molecule has 7 heteroatoms. The fourth-order valence-electron chi connectivity index (χ4n) is 3.31. The van der Waals surface area contributed by atoms with E-state index in [-0.39, 0.29) is 11.9 Å². The summed E-state index contributed by atoms with van der Waals surface area (Å²) < 4.78 is 1.72. The zero-order valence-corrected chi connectivity index (χ0v) is 14.5. The first-order valence-corrected chi connectivity index (χ1v) is 8.61.